The highest BCUT2D eigenvalue weighted by Gasteiger charge is 2.37. The average molecular weight is 333 g/mol. The first-order chi connectivity index (χ1) is 10.7. The van der Waals surface area contributed by atoms with Crippen molar-refractivity contribution in [2.24, 2.45) is 0 Å². The van der Waals surface area contributed by atoms with E-state index >= 15 is 0 Å². The van der Waals surface area contributed by atoms with E-state index in [2.05, 4.69) is 15.3 Å². The molecule has 0 aliphatic carbocycles. The third-order valence-electron chi connectivity index (χ3n) is 3.66. The van der Waals surface area contributed by atoms with Crippen LogP contribution in [0.2, 0.25) is 0 Å². The summed E-state index contributed by atoms with van der Waals surface area (Å²) in [6, 6.07) is 0. The molecular weight excluding hydrogens is 315 g/mol. The Morgan fingerprint density at radius 3 is 2.65 bits per heavy atom. The van der Waals surface area contributed by atoms with Gasteiger partial charge in [-0.15, -0.1) is 0 Å². The minimum atomic E-state index is -4.82. The van der Waals surface area contributed by atoms with Gasteiger partial charge in [0.1, 0.15) is 5.82 Å². The van der Waals surface area contributed by atoms with Crippen LogP contribution >= 0.6 is 0 Å². The van der Waals surface area contributed by atoms with E-state index in [4.69, 9.17) is 9.84 Å². The molecule has 128 valence electrons. The number of carboxylic acid groups (broad SMARTS) is 1. The number of nitrogens with one attached hydrogen (secondary N) is 1. The van der Waals surface area contributed by atoms with Gasteiger partial charge in [0, 0.05) is 12.1 Å². The molecule has 0 unspecified atom stereocenters. The van der Waals surface area contributed by atoms with Crippen molar-refractivity contribution in [3.63, 3.8) is 0 Å². The first kappa shape index (κ1) is 17.5. The summed E-state index contributed by atoms with van der Waals surface area (Å²) in [5.41, 5.74) is -0.595. The van der Waals surface area contributed by atoms with Crippen LogP contribution in [0.4, 0.5) is 19.0 Å². The van der Waals surface area contributed by atoms with E-state index < -0.39 is 23.7 Å². The van der Waals surface area contributed by atoms with Crippen molar-refractivity contribution in [1.82, 2.24) is 9.97 Å². The molecule has 6 nitrogen and oxygen atoms in total. The van der Waals surface area contributed by atoms with Crippen molar-refractivity contribution in [3.8, 4) is 0 Å². The van der Waals surface area contributed by atoms with E-state index in [-0.39, 0.29) is 30.1 Å². The van der Waals surface area contributed by atoms with E-state index in [1.54, 1.807) is 0 Å². The van der Waals surface area contributed by atoms with Crippen LogP contribution in [0.25, 0.3) is 0 Å². The number of carbonyl (C=O) groups is 1. The zero-order valence-corrected chi connectivity index (χ0v) is 12.8. The summed E-state index contributed by atoms with van der Waals surface area (Å²) in [6.45, 7) is 3.57. The fourth-order valence-electron chi connectivity index (χ4n) is 2.48. The number of aromatic nitrogens is 2. The van der Waals surface area contributed by atoms with Gasteiger partial charge in [-0.05, 0) is 33.1 Å². The number of anilines is 1. The van der Waals surface area contributed by atoms with Crippen molar-refractivity contribution in [3.05, 3.63) is 17.1 Å². The summed E-state index contributed by atoms with van der Waals surface area (Å²) in [4.78, 5) is 17.6. The molecule has 2 rings (SSSR count). The molecule has 1 fully saturated rings. The third-order valence-corrected chi connectivity index (χ3v) is 3.66. The topological polar surface area (TPSA) is 84.3 Å². The summed E-state index contributed by atoms with van der Waals surface area (Å²) in [5.74, 6) is -3.13. The van der Waals surface area contributed by atoms with Crippen molar-refractivity contribution < 1.29 is 27.8 Å². The maximum Gasteiger partial charge on any atom is 0.451 e. The van der Waals surface area contributed by atoms with Crippen LogP contribution in [0.3, 0.4) is 0 Å². The average Bonchev–Trinajstić information content (AvgIpc) is 2.44. The highest BCUT2D eigenvalue weighted by atomic mass is 19.4. The molecule has 2 atom stereocenters. The van der Waals surface area contributed by atoms with Crippen molar-refractivity contribution in [2.75, 3.05) is 11.9 Å². The second-order valence-electron chi connectivity index (χ2n) is 5.55. The molecule has 0 aromatic carbocycles. The number of ether oxygens (including phenoxy) is 1. The number of nitrogens with zero attached hydrogens (tertiary/aromatic N) is 2. The smallest absolute Gasteiger partial charge is 0.451 e. The highest BCUT2D eigenvalue weighted by molar-refractivity contribution is 5.88. The summed E-state index contributed by atoms with van der Waals surface area (Å²) >= 11 is 0. The molecule has 0 saturated carbocycles. The zero-order chi connectivity index (χ0) is 17.2. The van der Waals surface area contributed by atoms with Crippen LogP contribution in [-0.2, 0) is 10.9 Å². The normalized spacial score (nSPS) is 22.0. The Morgan fingerprint density at radius 1 is 1.39 bits per heavy atom. The van der Waals surface area contributed by atoms with E-state index in [0.29, 0.717) is 0 Å². The van der Waals surface area contributed by atoms with Crippen molar-refractivity contribution >= 4 is 11.8 Å². The second kappa shape index (κ2) is 6.69. The monoisotopic (exact) mass is 333 g/mol. The lowest BCUT2D eigenvalue weighted by atomic mass is 10.0. The second-order valence-corrected chi connectivity index (χ2v) is 5.55. The van der Waals surface area contributed by atoms with Gasteiger partial charge in [-0.1, -0.05) is 0 Å². The van der Waals surface area contributed by atoms with Crippen LogP contribution in [0.15, 0.2) is 0 Å². The lowest BCUT2D eigenvalue weighted by molar-refractivity contribution is -0.144. The largest absolute Gasteiger partial charge is 0.476 e. The number of alkyl halides is 3. The van der Waals surface area contributed by atoms with Crippen LogP contribution in [0.5, 0.6) is 0 Å². The number of hydrogen-bond acceptors (Lipinski definition) is 5. The summed E-state index contributed by atoms with van der Waals surface area (Å²) < 4.78 is 44.1. The van der Waals surface area contributed by atoms with Gasteiger partial charge in [-0.25, -0.2) is 14.8 Å². The molecule has 23 heavy (non-hydrogen) atoms. The Morgan fingerprint density at radius 2 is 2.09 bits per heavy atom. The number of carboxylic acids is 1. The standard InChI is InChI=1S/C14H18F3N3O3/c1-7-4-3-5-9(23-7)6-18-11-8(2)10(12(21)22)19-13(20-11)14(15,16)17/h7,9H,3-6H2,1-2H3,(H,21,22)(H,18,19,20)/t7-,9-/m1/s1. The zero-order valence-electron chi connectivity index (χ0n) is 12.8. The molecule has 1 aliphatic rings. The Bertz CT molecular complexity index is 593. The van der Waals surface area contributed by atoms with Gasteiger partial charge in [0.2, 0.25) is 5.82 Å². The van der Waals surface area contributed by atoms with Crippen LogP contribution in [-0.4, -0.2) is 39.8 Å². The van der Waals surface area contributed by atoms with Gasteiger partial charge < -0.3 is 15.2 Å². The van der Waals surface area contributed by atoms with Gasteiger partial charge in [0.15, 0.2) is 5.69 Å². The molecule has 2 N–H and O–H groups in total. The fourth-order valence-corrected chi connectivity index (χ4v) is 2.48. The maximum absolute atomic E-state index is 12.8. The fraction of sp³-hybridized carbons (Fsp3) is 0.643. The summed E-state index contributed by atoms with van der Waals surface area (Å²) in [6.07, 6.45) is -2.14. The molecule has 1 saturated heterocycles. The van der Waals surface area contributed by atoms with E-state index in [1.807, 2.05) is 6.92 Å². The molecular formula is C14H18F3N3O3. The molecule has 1 aliphatic heterocycles. The van der Waals surface area contributed by atoms with E-state index in [1.165, 1.54) is 6.92 Å². The van der Waals surface area contributed by atoms with Crippen LogP contribution in [0.1, 0.15) is 48.1 Å². The third kappa shape index (κ3) is 4.31. The Labute approximate surface area is 131 Å². The van der Waals surface area contributed by atoms with Gasteiger partial charge in [0.05, 0.1) is 12.2 Å². The summed E-state index contributed by atoms with van der Waals surface area (Å²) in [5, 5.41) is 11.8. The molecule has 1 aromatic heterocycles. The Hall–Kier alpha value is -1.90. The molecule has 9 heteroatoms. The Kier molecular flexibility index (Phi) is 5.08. The minimum Gasteiger partial charge on any atom is -0.476 e. The molecule has 2 heterocycles. The lowest BCUT2D eigenvalue weighted by Crippen LogP contribution is -2.32. The van der Waals surface area contributed by atoms with Gasteiger partial charge in [-0.2, -0.15) is 13.2 Å². The molecule has 0 amide bonds. The van der Waals surface area contributed by atoms with Crippen molar-refractivity contribution in [1.29, 1.82) is 0 Å². The summed E-state index contributed by atoms with van der Waals surface area (Å²) in [7, 11) is 0. The van der Waals surface area contributed by atoms with Crippen molar-refractivity contribution in [2.45, 2.75) is 51.5 Å². The quantitative estimate of drug-likeness (QED) is 0.881. The Balaban J connectivity index is 2.22. The lowest BCUT2D eigenvalue weighted by Gasteiger charge is -2.28. The van der Waals surface area contributed by atoms with E-state index in [9.17, 15) is 18.0 Å². The highest BCUT2D eigenvalue weighted by Crippen LogP contribution is 2.29. The first-order valence-corrected chi connectivity index (χ1v) is 7.27. The predicted octanol–water partition coefficient (Wildman–Crippen LogP) is 2.87. The number of rotatable bonds is 4. The molecule has 1 aromatic rings. The van der Waals surface area contributed by atoms with Crippen LogP contribution < -0.4 is 5.32 Å². The first-order valence-electron chi connectivity index (χ1n) is 7.27. The molecule has 0 bridgehead atoms. The van der Waals surface area contributed by atoms with Gasteiger partial charge in [0.25, 0.3) is 0 Å². The van der Waals surface area contributed by atoms with E-state index in [0.717, 1.165) is 19.3 Å². The molecule has 0 radical (unpaired) electrons. The SMILES string of the molecule is Cc1c(NC[C@H]2CCC[C@@H](C)O2)nc(C(F)(F)F)nc1C(=O)O. The van der Waals surface area contributed by atoms with Crippen LogP contribution in [0, 0.1) is 6.92 Å². The van der Waals surface area contributed by atoms with Gasteiger partial charge in [-0.3, -0.25) is 0 Å². The molecule has 0 spiro atoms. The minimum absolute atomic E-state index is 0.0642. The number of hydrogen-bond donors (Lipinski definition) is 2. The maximum atomic E-state index is 12.8. The number of aromatic carboxylic acids is 1. The van der Waals surface area contributed by atoms with Gasteiger partial charge >= 0.3 is 12.1 Å². The number of halogens is 3. The predicted molar refractivity (Wildman–Crippen MR) is 75.4 cm³/mol.